The molecular formula is C23H30F3N5O2. The minimum atomic E-state index is -4.84. The van der Waals surface area contributed by atoms with Crippen LogP contribution in [0.2, 0.25) is 0 Å². The maximum Gasteiger partial charge on any atom is 0.573 e. The number of halogens is 3. The van der Waals surface area contributed by atoms with Gasteiger partial charge in [-0.1, -0.05) is 0 Å². The quantitative estimate of drug-likeness (QED) is 0.688. The summed E-state index contributed by atoms with van der Waals surface area (Å²) in [6.07, 6.45) is 0.415. The number of nitrogens with zero attached hydrogens (tertiary/aromatic N) is 4. The highest BCUT2D eigenvalue weighted by atomic mass is 19.4. The van der Waals surface area contributed by atoms with Crippen LogP contribution in [0.4, 0.5) is 19.0 Å². The molecular weight excluding hydrogens is 435 g/mol. The van der Waals surface area contributed by atoms with Crippen molar-refractivity contribution in [2.45, 2.75) is 63.6 Å². The maximum absolute atomic E-state index is 12.7. The van der Waals surface area contributed by atoms with Crippen LogP contribution in [0.15, 0.2) is 18.3 Å². The first-order valence-electron chi connectivity index (χ1n) is 11.5. The third-order valence-corrected chi connectivity index (χ3v) is 7.44. The number of ether oxygens (including phenoxy) is 2. The molecule has 1 aliphatic heterocycles. The molecule has 2 saturated carbocycles. The molecule has 0 radical (unpaired) electrons. The number of rotatable bonds is 6. The van der Waals surface area contributed by atoms with E-state index in [0.717, 1.165) is 25.2 Å². The van der Waals surface area contributed by atoms with E-state index in [-0.39, 0.29) is 11.9 Å². The number of aromatic nitrogens is 3. The van der Waals surface area contributed by atoms with E-state index in [0.29, 0.717) is 41.2 Å². The van der Waals surface area contributed by atoms with Gasteiger partial charge in [0.15, 0.2) is 11.6 Å². The lowest BCUT2D eigenvalue weighted by atomic mass is 10.0. The topological polar surface area (TPSA) is 78.4 Å². The molecule has 180 valence electrons. The van der Waals surface area contributed by atoms with Gasteiger partial charge in [-0.15, -0.1) is 13.2 Å². The summed E-state index contributed by atoms with van der Waals surface area (Å²) in [5, 5.41) is 4.73. The van der Waals surface area contributed by atoms with Crippen molar-refractivity contribution in [3.63, 3.8) is 0 Å². The molecule has 2 N–H and O–H groups in total. The Morgan fingerprint density at radius 3 is 2.52 bits per heavy atom. The minimum Gasteiger partial charge on any atom is -0.402 e. The number of hydrogen-bond donors (Lipinski definition) is 1. The Bertz CT molecular complexity index is 1010. The van der Waals surface area contributed by atoms with E-state index >= 15 is 0 Å². The maximum atomic E-state index is 12.7. The van der Waals surface area contributed by atoms with Crippen LogP contribution in [0, 0.1) is 11.8 Å². The fourth-order valence-electron chi connectivity index (χ4n) is 5.84. The molecule has 0 spiro atoms. The zero-order valence-electron chi connectivity index (χ0n) is 19.0. The van der Waals surface area contributed by atoms with Crippen LogP contribution in [0.5, 0.6) is 5.75 Å². The van der Waals surface area contributed by atoms with Gasteiger partial charge in [0, 0.05) is 55.7 Å². The Balaban J connectivity index is 1.34. The highest BCUT2D eigenvalue weighted by Gasteiger charge is 2.59. The number of fused-ring (bicyclic) bond motifs is 1. The van der Waals surface area contributed by atoms with E-state index in [1.54, 1.807) is 7.11 Å². The Morgan fingerprint density at radius 2 is 1.91 bits per heavy atom. The van der Waals surface area contributed by atoms with E-state index in [4.69, 9.17) is 15.6 Å². The van der Waals surface area contributed by atoms with Crippen LogP contribution in [0.3, 0.4) is 0 Å². The van der Waals surface area contributed by atoms with Gasteiger partial charge in [0.2, 0.25) is 0 Å². The van der Waals surface area contributed by atoms with Gasteiger partial charge in [-0.05, 0) is 57.1 Å². The van der Waals surface area contributed by atoms with Crippen LogP contribution < -0.4 is 10.5 Å². The van der Waals surface area contributed by atoms with Gasteiger partial charge in [-0.3, -0.25) is 9.58 Å². The smallest absolute Gasteiger partial charge is 0.402 e. The number of nitrogens with two attached hydrogens (primary N) is 1. The van der Waals surface area contributed by atoms with Crippen molar-refractivity contribution in [2.75, 3.05) is 25.9 Å². The van der Waals surface area contributed by atoms with Crippen LogP contribution in [-0.2, 0) is 4.74 Å². The Labute approximate surface area is 191 Å². The molecule has 0 aromatic carbocycles. The number of anilines is 1. The van der Waals surface area contributed by atoms with Gasteiger partial charge < -0.3 is 15.2 Å². The summed E-state index contributed by atoms with van der Waals surface area (Å²) >= 11 is 0. The van der Waals surface area contributed by atoms with Crippen molar-refractivity contribution < 1.29 is 22.6 Å². The van der Waals surface area contributed by atoms with E-state index < -0.39 is 12.1 Å². The second kappa shape index (κ2) is 8.16. The molecule has 33 heavy (non-hydrogen) atoms. The third kappa shape index (κ3) is 4.30. The molecule has 0 amide bonds. The molecule has 2 aromatic rings. The molecule has 2 aromatic heterocycles. The molecule has 3 aliphatic rings. The number of nitrogen functional groups attached to an aromatic ring is 1. The van der Waals surface area contributed by atoms with Crippen molar-refractivity contribution in [3.8, 4) is 17.0 Å². The molecule has 3 fully saturated rings. The fourth-order valence-corrected chi connectivity index (χ4v) is 5.84. The summed E-state index contributed by atoms with van der Waals surface area (Å²) in [7, 11) is 1.79. The minimum absolute atomic E-state index is 0.138. The van der Waals surface area contributed by atoms with E-state index in [9.17, 15) is 13.2 Å². The number of likely N-dealkylation sites (tertiary alicyclic amines) is 1. The first-order chi connectivity index (χ1) is 15.6. The second-order valence-electron chi connectivity index (χ2n) is 9.77. The number of hydrogen-bond acceptors (Lipinski definition) is 6. The fraction of sp³-hybridized carbons (Fsp3) is 0.652. The largest absolute Gasteiger partial charge is 0.573 e. The lowest BCUT2D eigenvalue weighted by Crippen LogP contribution is -2.33. The second-order valence-corrected chi connectivity index (χ2v) is 9.77. The lowest BCUT2D eigenvalue weighted by Gasteiger charge is -2.26. The lowest BCUT2D eigenvalue weighted by molar-refractivity contribution is -0.274. The van der Waals surface area contributed by atoms with Crippen molar-refractivity contribution in [3.05, 3.63) is 24.0 Å². The molecule has 1 saturated heterocycles. The van der Waals surface area contributed by atoms with Crippen LogP contribution >= 0.6 is 0 Å². The van der Waals surface area contributed by atoms with Gasteiger partial charge in [0.1, 0.15) is 0 Å². The molecule has 7 nitrogen and oxygen atoms in total. The summed E-state index contributed by atoms with van der Waals surface area (Å²) < 4.78 is 49.7. The van der Waals surface area contributed by atoms with E-state index in [1.807, 2.05) is 10.7 Å². The predicted molar refractivity (Wildman–Crippen MR) is 117 cm³/mol. The Hall–Kier alpha value is -2.33. The first kappa shape index (κ1) is 22.5. The predicted octanol–water partition coefficient (Wildman–Crippen LogP) is 4.22. The van der Waals surface area contributed by atoms with Crippen molar-refractivity contribution >= 4 is 5.82 Å². The normalized spacial score (nSPS) is 29.6. The molecule has 10 heteroatoms. The zero-order valence-corrected chi connectivity index (χ0v) is 19.0. The zero-order chi connectivity index (χ0) is 23.5. The first-order valence-corrected chi connectivity index (χ1v) is 11.5. The number of alkyl halides is 3. The molecule has 5 rings (SSSR count). The van der Waals surface area contributed by atoms with Gasteiger partial charge in [0.25, 0.3) is 0 Å². The Morgan fingerprint density at radius 1 is 1.18 bits per heavy atom. The van der Waals surface area contributed by atoms with Gasteiger partial charge in [0.05, 0.1) is 11.8 Å². The third-order valence-electron chi connectivity index (χ3n) is 7.44. The van der Waals surface area contributed by atoms with Crippen molar-refractivity contribution in [1.82, 2.24) is 19.7 Å². The van der Waals surface area contributed by atoms with Gasteiger partial charge in [-0.2, -0.15) is 5.10 Å². The SMILES string of the molecule is CO[C@H]1CCN([C@@H]2C[C@@H]3[C@H](C2)[C@H]3c2cc(-c3cnc(N)c(OC(F)(F)F)c3)nn2C(C)C)C1. The molecule has 5 atom stereocenters. The summed E-state index contributed by atoms with van der Waals surface area (Å²) in [6, 6.07) is 4.02. The van der Waals surface area contributed by atoms with E-state index in [1.165, 1.54) is 25.1 Å². The van der Waals surface area contributed by atoms with E-state index in [2.05, 4.69) is 28.5 Å². The van der Waals surface area contributed by atoms with Crippen LogP contribution in [0.25, 0.3) is 11.3 Å². The highest BCUT2D eigenvalue weighted by Crippen LogP contribution is 2.64. The average Bonchev–Trinajstić information content (AvgIpc) is 3.23. The molecule has 2 aliphatic carbocycles. The number of pyridine rings is 1. The van der Waals surface area contributed by atoms with Crippen molar-refractivity contribution in [2.24, 2.45) is 11.8 Å². The van der Waals surface area contributed by atoms with Crippen LogP contribution in [0.1, 0.15) is 50.8 Å². The van der Waals surface area contributed by atoms with Crippen molar-refractivity contribution in [1.29, 1.82) is 0 Å². The monoisotopic (exact) mass is 465 g/mol. The average molecular weight is 466 g/mol. The summed E-state index contributed by atoms with van der Waals surface area (Å²) in [4.78, 5) is 6.47. The summed E-state index contributed by atoms with van der Waals surface area (Å²) in [6.45, 7) is 6.26. The molecule has 0 unspecified atom stereocenters. The van der Waals surface area contributed by atoms with Gasteiger partial charge in [-0.25, -0.2) is 4.98 Å². The summed E-state index contributed by atoms with van der Waals surface area (Å²) in [5.41, 5.74) is 7.78. The van der Waals surface area contributed by atoms with Gasteiger partial charge >= 0.3 is 6.36 Å². The summed E-state index contributed by atoms with van der Waals surface area (Å²) in [5.74, 6) is 0.893. The van der Waals surface area contributed by atoms with Crippen LogP contribution in [-0.4, -0.2) is 58.4 Å². The standard InChI is InChI=1S/C23H30F3N5O2/c1-12(2)31-19(21-16-7-14(8-17(16)21)30-5-4-15(11-30)32-3)9-18(29-31)13-6-20(22(27)28-10-13)33-23(24,25)26/h6,9-10,12,14-17,21H,4-5,7-8,11H2,1-3H3,(H2,27,28)/t14-,15-,16-,17+,21+/m0/s1. The number of methoxy groups -OCH3 is 1. The molecule has 3 heterocycles. The Kier molecular flexibility index (Phi) is 5.55. The highest BCUT2D eigenvalue weighted by molar-refractivity contribution is 5.64. The molecule has 0 bridgehead atoms.